The van der Waals surface area contributed by atoms with Crippen LogP contribution in [-0.4, -0.2) is 40.8 Å². The summed E-state index contributed by atoms with van der Waals surface area (Å²) < 4.78 is 11.3. The molecule has 0 N–H and O–H groups in total. The molecule has 1 unspecified atom stereocenters. The van der Waals surface area contributed by atoms with Crippen molar-refractivity contribution in [1.82, 2.24) is 15.0 Å². The first-order valence-corrected chi connectivity index (χ1v) is 7.11. The lowest BCUT2D eigenvalue weighted by atomic mass is 10.3. The third-order valence-corrected chi connectivity index (χ3v) is 3.30. The third-order valence-electron chi connectivity index (χ3n) is 3.30. The van der Waals surface area contributed by atoms with Crippen LogP contribution in [0.2, 0.25) is 0 Å². The summed E-state index contributed by atoms with van der Waals surface area (Å²) in [7, 11) is 0. The van der Waals surface area contributed by atoms with Crippen LogP contribution in [0, 0.1) is 0 Å². The molecule has 2 aromatic heterocycles. The minimum atomic E-state index is 0.145. The van der Waals surface area contributed by atoms with Gasteiger partial charge in [0.1, 0.15) is 11.9 Å². The van der Waals surface area contributed by atoms with E-state index in [1.807, 2.05) is 19.1 Å². The van der Waals surface area contributed by atoms with Crippen LogP contribution in [0.15, 0.2) is 36.9 Å². The molecular weight excluding hydrogens is 268 g/mol. The predicted octanol–water partition coefficient (Wildman–Crippen LogP) is 1.93. The van der Waals surface area contributed by atoms with Gasteiger partial charge in [-0.25, -0.2) is 0 Å². The molecule has 3 heterocycles. The highest BCUT2D eigenvalue weighted by molar-refractivity contribution is 5.39. The van der Waals surface area contributed by atoms with Crippen molar-refractivity contribution in [2.24, 2.45) is 0 Å². The van der Waals surface area contributed by atoms with Gasteiger partial charge in [0.2, 0.25) is 5.88 Å². The lowest BCUT2D eigenvalue weighted by Crippen LogP contribution is -2.25. The van der Waals surface area contributed by atoms with Gasteiger partial charge >= 0.3 is 0 Å². The van der Waals surface area contributed by atoms with Crippen LogP contribution < -0.4 is 14.4 Å². The zero-order chi connectivity index (χ0) is 14.5. The lowest BCUT2D eigenvalue weighted by Gasteiger charge is -2.18. The van der Waals surface area contributed by atoms with Crippen LogP contribution in [0.5, 0.6) is 11.6 Å². The van der Waals surface area contributed by atoms with E-state index >= 15 is 0 Å². The first-order chi connectivity index (χ1) is 10.3. The molecule has 3 rings (SSSR count). The molecule has 1 fully saturated rings. The van der Waals surface area contributed by atoms with E-state index in [0.29, 0.717) is 12.5 Å². The quantitative estimate of drug-likeness (QED) is 0.837. The second-order valence-corrected chi connectivity index (χ2v) is 4.81. The van der Waals surface area contributed by atoms with Crippen molar-refractivity contribution in [1.29, 1.82) is 0 Å². The number of hydrogen-bond acceptors (Lipinski definition) is 6. The third kappa shape index (κ3) is 3.39. The average Bonchev–Trinajstić information content (AvgIpc) is 2.97. The van der Waals surface area contributed by atoms with Gasteiger partial charge in [-0.3, -0.25) is 9.97 Å². The largest absolute Gasteiger partial charge is 0.487 e. The first-order valence-electron chi connectivity index (χ1n) is 7.11. The SMILES string of the molecule is CCOc1cncc(N2CCC(Oc3cccnc3)C2)n1. The van der Waals surface area contributed by atoms with E-state index in [0.717, 1.165) is 31.1 Å². The fourth-order valence-electron chi connectivity index (χ4n) is 2.35. The molecule has 1 saturated heterocycles. The Balaban J connectivity index is 1.63. The second kappa shape index (κ2) is 6.39. The van der Waals surface area contributed by atoms with Gasteiger partial charge in [0.25, 0.3) is 0 Å². The maximum atomic E-state index is 5.92. The number of pyridine rings is 1. The summed E-state index contributed by atoms with van der Waals surface area (Å²) >= 11 is 0. The van der Waals surface area contributed by atoms with Crippen LogP contribution in [0.3, 0.4) is 0 Å². The van der Waals surface area contributed by atoms with E-state index in [4.69, 9.17) is 9.47 Å². The van der Waals surface area contributed by atoms with Gasteiger partial charge in [0.15, 0.2) is 5.82 Å². The molecule has 1 atom stereocenters. The van der Waals surface area contributed by atoms with Crippen LogP contribution in [0.4, 0.5) is 5.82 Å². The van der Waals surface area contributed by atoms with Gasteiger partial charge in [0, 0.05) is 19.2 Å². The maximum Gasteiger partial charge on any atom is 0.234 e. The fourth-order valence-corrected chi connectivity index (χ4v) is 2.35. The van der Waals surface area contributed by atoms with Crippen molar-refractivity contribution in [2.75, 3.05) is 24.6 Å². The molecule has 0 radical (unpaired) electrons. The van der Waals surface area contributed by atoms with Crippen LogP contribution in [0.1, 0.15) is 13.3 Å². The predicted molar refractivity (Wildman–Crippen MR) is 78.7 cm³/mol. The molecule has 1 aliphatic rings. The van der Waals surface area contributed by atoms with Gasteiger partial charge in [-0.15, -0.1) is 0 Å². The standard InChI is InChI=1S/C15H18N4O2/c1-2-20-15-10-17-9-14(18-15)19-7-5-13(11-19)21-12-4-3-6-16-8-12/h3-4,6,8-10,13H,2,5,7,11H2,1H3. The first kappa shape index (κ1) is 13.6. The van der Waals surface area contributed by atoms with Crippen molar-refractivity contribution in [3.05, 3.63) is 36.9 Å². The number of ether oxygens (including phenoxy) is 2. The smallest absolute Gasteiger partial charge is 0.234 e. The van der Waals surface area contributed by atoms with Gasteiger partial charge in [-0.1, -0.05) is 0 Å². The summed E-state index contributed by atoms with van der Waals surface area (Å²) in [6, 6.07) is 3.80. The van der Waals surface area contributed by atoms with E-state index < -0.39 is 0 Å². The molecule has 21 heavy (non-hydrogen) atoms. The summed E-state index contributed by atoms with van der Waals surface area (Å²) in [5, 5.41) is 0. The van der Waals surface area contributed by atoms with Crippen LogP contribution in [0.25, 0.3) is 0 Å². The Morgan fingerprint density at radius 2 is 2.24 bits per heavy atom. The lowest BCUT2D eigenvalue weighted by molar-refractivity contribution is 0.224. The Bertz CT molecular complexity index is 579. The second-order valence-electron chi connectivity index (χ2n) is 4.81. The molecule has 110 valence electrons. The van der Waals surface area contributed by atoms with Crippen molar-refractivity contribution in [2.45, 2.75) is 19.4 Å². The molecule has 6 heteroatoms. The Hall–Kier alpha value is -2.37. The Kier molecular flexibility index (Phi) is 4.14. The van der Waals surface area contributed by atoms with E-state index in [1.54, 1.807) is 24.8 Å². The average molecular weight is 286 g/mol. The molecule has 2 aromatic rings. The summed E-state index contributed by atoms with van der Waals surface area (Å²) in [4.78, 5) is 14.9. The van der Waals surface area contributed by atoms with Crippen molar-refractivity contribution in [3.8, 4) is 11.6 Å². The maximum absolute atomic E-state index is 5.92. The van der Waals surface area contributed by atoms with Crippen molar-refractivity contribution in [3.63, 3.8) is 0 Å². The molecule has 0 amide bonds. The van der Waals surface area contributed by atoms with E-state index in [-0.39, 0.29) is 6.10 Å². The van der Waals surface area contributed by atoms with E-state index in [1.165, 1.54) is 0 Å². The number of rotatable bonds is 5. The molecular formula is C15H18N4O2. The Labute approximate surface area is 123 Å². The Morgan fingerprint density at radius 3 is 3.05 bits per heavy atom. The van der Waals surface area contributed by atoms with Crippen LogP contribution >= 0.6 is 0 Å². The minimum absolute atomic E-state index is 0.145. The van der Waals surface area contributed by atoms with Gasteiger partial charge in [-0.2, -0.15) is 4.98 Å². The molecule has 1 aliphatic heterocycles. The molecule has 0 bridgehead atoms. The summed E-state index contributed by atoms with van der Waals surface area (Å²) in [6.45, 7) is 4.21. The summed E-state index contributed by atoms with van der Waals surface area (Å²) in [5.41, 5.74) is 0. The summed E-state index contributed by atoms with van der Waals surface area (Å²) in [6.07, 6.45) is 7.96. The summed E-state index contributed by atoms with van der Waals surface area (Å²) in [5.74, 6) is 2.20. The molecule has 6 nitrogen and oxygen atoms in total. The minimum Gasteiger partial charge on any atom is -0.487 e. The highest BCUT2D eigenvalue weighted by Crippen LogP contribution is 2.22. The topological polar surface area (TPSA) is 60.4 Å². The molecule has 0 aliphatic carbocycles. The fraction of sp³-hybridized carbons (Fsp3) is 0.400. The Morgan fingerprint density at radius 1 is 1.29 bits per heavy atom. The van der Waals surface area contributed by atoms with Crippen LogP contribution in [-0.2, 0) is 0 Å². The number of hydrogen-bond donors (Lipinski definition) is 0. The highest BCUT2D eigenvalue weighted by Gasteiger charge is 2.25. The molecule has 0 saturated carbocycles. The van der Waals surface area contributed by atoms with E-state index in [9.17, 15) is 0 Å². The van der Waals surface area contributed by atoms with E-state index in [2.05, 4.69) is 19.9 Å². The monoisotopic (exact) mass is 286 g/mol. The molecule has 0 spiro atoms. The number of anilines is 1. The van der Waals surface area contributed by atoms with Crippen molar-refractivity contribution >= 4 is 5.82 Å². The van der Waals surface area contributed by atoms with Gasteiger partial charge in [-0.05, 0) is 19.1 Å². The number of aromatic nitrogens is 3. The van der Waals surface area contributed by atoms with Crippen molar-refractivity contribution < 1.29 is 9.47 Å². The zero-order valence-electron chi connectivity index (χ0n) is 12.0. The van der Waals surface area contributed by atoms with Gasteiger partial charge < -0.3 is 14.4 Å². The normalized spacial score (nSPS) is 17.8. The molecule has 0 aromatic carbocycles. The number of nitrogens with zero attached hydrogens (tertiary/aromatic N) is 4. The van der Waals surface area contributed by atoms with Gasteiger partial charge in [0.05, 0.1) is 31.7 Å². The zero-order valence-corrected chi connectivity index (χ0v) is 12.0. The highest BCUT2D eigenvalue weighted by atomic mass is 16.5.